The summed E-state index contributed by atoms with van der Waals surface area (Å²) in [5.74, 6) is -0.793. The molecule has 0 aliphatic rings. The second kappa shape index (κ2) is 19.7. The number of benzene rings is 4. The molecule has 0 aliphatic heterocycles. The molecule has 0 aliphatic carbocycles. The predicted octanol–water partition coefficient (Wildman–Crippen LogP) is 3.65. The molecular weight excluding hydrogens is 940 g/mol. The van der Waals surface area contributed by atoms with Crippen molar-refractivity contribution in [2.75, 3.05) is 0 Å². The number of ether oxygens (including phenoxy) is 1. The first-order chi connectivity index (χ1) is 28.4. The number of hydrogen-bond donors (Lipinski definition) is 7. The Hall–Kier alpha value is -4.20. The first-order valence-electron chi connectivity index (χ1n) is 17.7. The number of nitrogens with one attached hydrogen (secondary N) is 5. The van der Waals surface area contributed by atoms with Gasteiger partial charge >= 0.3 is 33.5 Å². The molecule has 62 heavy (non-hydrogen) atoms. The Morgan fingerprint density at radius 3 is 1.29 bits per heavy atom. The fourth-order valence-electron chi connectivity index (χ4n) is 6.55. The molecule has 0 fully saturated rings. The Balaban J connectivity index is 0.000000243. The van der Waals surface area contributed by atoms with Gasteiger partial charge in [-0.05, 0) is 106 Å². The summed E-state index contributed by atoms with van der Waals surface area (Å²) in [6.07, 6.45) is 1.02. The number of H-pyrrole nitrogens is 4. The molecule has 8 aromatic rings. The first kappa shape index (κ1) is 48.8. The van der Waals surface area contributed by atoms with Gasteiger partial charge in [0.15, 0.2) is 6.40 Å². The van der Waals surface area contributed by atoms with E-state index in [4.69, 9.17) is 85.8 Å². The van der Waals surface area contributed by atoms with Crippen LogP contribution in [0.15, 0.2) is 97.0 Å². The van der Waals surface area contributed by atoms with Crippen molar-refractivity contribution < 1.29 is 44.6 Å². The summed E-state index contributed by atoms with van der Waals surface area (Å²) in [6, 6.07) is 20.7. The van der Waals surface area contributed by atoms with E-state index in [2.05, 4.69) is 30.2 Å². The van der Waals surface area contributed by atoms with Gasteiger partial charge in [-0.2, -0.15) is 0 Å². The number of fused-ring (bicyclic) bond motifs is 6. The van der Waals surface area contributed by atoms with E-state index in [1.807, 2.05) is 12.1 Å². The number of aliphatic imine (C=N–C) groups is 1. The molecule has 8 rings (SSSR count). The number of hydrogen-bond acceptors (Lipinski definition) is 10. The number of halogens is 6. The van der Waals surface area contributed by atoms with Gasteiger partial charge in [0.05, 0.1) is 6.54 Å². The second-order valence-electron chi connectivity index (χ2n) is 13.4. The van der Waals surface area contributed by atoms with Crippen LogP contribution >= 0.6 is 69.6 Å². The summed E-state index contributed by atoms with van der Waals surface area (Å²) in [6.45, 7) is 0.902. The molecule has 4 heterocycles. The number of amides is 1. The number of alkyl halides is 6. The first-order valence-corrected chi connectivity index (χ1v) is 20.0. The van der Waals surface area contributed by atoms with Crippen LogP contribution in [0.1, 0.15) is 22.3 Å². The standard InChI is InChI=1S/C22H14Cl6N4O4.C18H16N4O2.Na.H2O/c23-21(24,25)20(35)30-8-11-2-4-15-13(6-11)19(34)17-16(32-15)18(33)12-5-10(1-3-14(12)31-17)7-29-9-36-22(26,27)28;19-7-9-1-3-13-11(5-9)17(23)16-15(21-13)18(24)12-6-10(8-20)2-4-14(12)22-16;;/h1-6,9H,7-8H2,(H,30,35)(H,31,33)(H,32,34);1-6H,7-8,19-20H2,(H,21,23)(H,22,24);;1H2/q;;+1;/p-1. The largest absolute Gasteiger partial charge is 1.00 e. The summed E-state index contributed by atoms with van der Waals surface area (Å²) < 4.78 is 0.761. The van der Waals surface area contributed by atoms with Crippen LogP contribution in [-0.2, 0) is 35.7 Å². The van der Waals surface area contributed by atoms with Crippen LogP contribution in [-0.4, -0.2) is 45.5 Å². The Kier molecular flexibility index (Phi) is 15.5. The van der Waals surface area contributed by atoms with Crippen LogP contribution in [0.5, 0.6) is 0 Å². The van der Waals surface area contributed by atoms with E-state index >= 15 is 0 Å². The number of aromatic amines is 4. The molecule has 0 atom stereocenters. The van der Waals surface area contributed by atoms with Crippen molar-refractivity contribution in [2.45, 2.75) is 34.0 Å². The number of carbonyl (C=O) groups excluding carboxylic acids is 1. The summed E-state index contributed by atoms with van der Waals surface area (Å²) >= 11 is 33.1. The van der Waals surface area contributed by atoms with E-state index in [1.54, 1.807) is 60.7 Å². The molecule has 0 saturated carbocycles. The maximum atomic E-state index is 13.2. The smallest absolute Gasteiger partial charge is 0.870 e. The normalized spacial score (nSPS) is 11.8. The van der Waals surface area contributed by atoms with Gasteiger partial charge in [0, 0.05) is 63.2 Å². The number of carbonyl (C=O) groups is 1. The number of aromatic nitrogens is 4. The Bertz CT molecular complexity index is 3210. The molecule has 0 saturated heterocycles. The van der Waals surface area contributed by atoms with E-state index in [0.29, 0.717) is 67.8 Å². The molecule has 0 spiro atoms. The Morgan fingerprint density at radius 2 is 0.935 bits per heavy atom. The fourth-order valence-corrected chi connectivity index (χ4v) is 6.87. The van der Waals surface area contributed by atoms with E-state index in [-0.39, 0.29) is 91.9 Å². The van der Waals surface area contributed by atoms with Gasteiger partial charge in [0.1, 0.15) is 22.1 Å². The SMILES string of the molecule is NCc1ccc2[nH]c3c(=O)c4cc(CN)ccc4[nH]c3c(=O)c2c1.O=C(NCc1ccc2[nH]c3c(=O)c4cc(CN=COC(Cl)(Cl)Cl)ccc4[nH]c3c(=O)c2c1)C(Cl)(Cl)Cl.[Na+].[OH-]. The van der Waals surface area contributed by atoms with Crippen molar-refractivity contribution >= 4 is 148 Å². The predicted molar refractivity (Wildman–Crippen MR) is 244 cm³/mol. The molecule has 1 amide bonds. The zero-order valence-corrected chi connectivity index (χ0v) is 38.6. The average molecular weight is 971 g/mol. The quantitative estimate of drug-likeness (QED) is 0.0404. The molecule has 4 aromatic heterocycles. The summed E-state index contributed by atoms with van der Waals surface area (Å²) in [5, 5.41) is 4.19. The van der Waals surface area contributed by atoms with Gasteiger partial charge in [-0.1, -0.05) is 59.1 Å². The van der Waals surface area contributed by atoms with Crippen molar-refractivity contribution in [3.05, 3.63) is 136 Å². The third-order valence-electron chi connectivity index (χ3n) is 9.48. The van der Waals surface area contributed by atoms with Gasteiger partial charge in [0.2, 0.25) is 21.7 Å². The Labute approximate surface area is 400 Å². The monoisotopic (exact) mass is 968 g/mol. The van der Waals surface area contributed by atoms with E-state index in [9.17, 15) is 24.0 Å². The second-order valence-corrected chi connectivity index (χ2v) is 17.9. The zero-order valence-electron chi connectivity index (χ0n) is 32.1. The molecule has 10 N–H and O–H groups in total. The van der Waals surface area contributed by atoms with Crippen molar-refractivity contribution in [2.24, 2.45) is 16.5 Å². The van der Waals surface area contributed by atoms with E-state index in [1.165, 1.54) is 0 Å². The van der Waals surface area contributed by atoms with Gasteiger partial charge in [-0.3, -0.25) is 29.0 Å². The van der Waals surface area contributed by atoms with Crippen LogP contribution in [0.25, 0.3) is 65.7 Å². The molecule has 0 unspecified atom stereocenters. The molecule has 15 nitrogen and oxygen atoms in total. The van der Waals surface area contributed by atoms with Gasteiger partial charge in [-0.25, -0.2) is 0 Å². The topological polar surface area (TPSA) is 264 Å². The number of nitrogens with zero attached hydrogens (tertiary/aromatic N) is 1. The van der Waals surface area contributed by atoms with Crippen molar-refractivity contribution in [3.63, 3.8) is 0 Å². The van der Waals surface area contributed by atoms with Crippen LogP contribution in [0.2, 0.25) is 0 Å². The van der Waals surface area contributed by atoms with Crippen LogP contribution < -0.4 is 68.1 Å². The maximum absolute atomic E-state index is 13.2. The van der Waals surface area contributed by atoms with E-state index < -0.39 is 13.7 Å². The van der Waals surface area contributed by atoms with Crippen LogP contribution in [0, 0.1) is 0 Å². The average Bonchev–Trinajstić information content (AvgIpc) is 3.22. The molecule has 4 aromatic carbocycles. The minimum absolute atomic E-state index is 0. The molecule has 22 heteroatoms. The third-order valence-corrected chi connectivity index (χ3v) is 10.3. The number of nitrogens with two attached hydrogens (primary N) is 2. The fraction of sp³-hybridized carbons (Fsp3) is 0.150. The van der Waals surface area contributed by atoms with Crippen molar-refractivity contribution in [1.29, 1.82) is 0 Å². The van der Waals surface area contributed by atoms with Crippen LogP contribution in [0.3, 0.4) is 0 Å². The molecule has 0 bridgehead atoms. The van der Waals surface area contributed by atoms with Crippen molar-refractivity contribution in [1.82, 2.24) is 25.3 Å². The summed E-state index contributed by atoms with van der Waals surface area (Å²) in [4.78, 5) is 80.2. The number of rotatable bonds is 7. The van der Waals surface area contributed by atoms with Gasteiger partial charge in [0.25, 0.3) is 9.70 Å². The van der Waals surface area contributed by atoms with Crippen molar-refractivity contribution in [3.8, 4) is 0 Å². The van der Waals surface area contributed by atoms with Crippen LogP contribution in [0.4, 0.5) is 0 Å². The van der Waals surface area contributed by atoms with Gasteiger partial charge < -0.3 is 46.9 Å². The third kappa shape index (κ3) is 10.4. The zero-order chi connectivity index (χ0) is 43.1. The summed E-state index contributed by atoms with van der Waals surface area (Å²) in [5.41, 5.74) is 16.1. The minimum atomic E-state index is -2.10. The summed E-state index contributed by atoms with van der Waals surface area (Å²) in [7, 11) is 0. The minimum Gasteiger partial charge on any atom is -0.870 e. The molecular formula is C40H31Cl6N8NaO7. The molecule has 316 valence electrons. The van der Waals surface area contributed by atoms with Gasteiger partial charge in [-0.15, -0.1) is 0 Å². The molecule has 0 radical (unpaired) electrons. The van der Waals surface area contributed by atoms with E-state index in [0.717, 1.165) is 17.5 Å². The number of pyridine rings is 4. The maximum Gasteiger partial charge on any atom is 1.00 e. The Morgan fingerprint density at radius 1 is 0.597 bits per heavy atom.